The van der Waals surface area contributed by atoms with Gasteiger partial charge in [0.1, 0.15) is 0 Å². The molecule has 0 aromatic heterocycles. The Morgan fingerprint density at radius 3 is 3.20 bits per heavy atom. The zero-order valence-corrected chi connectivity index (χ0v) is 12.4. The highest BCUT2D eigenvalue weighted by Crippen LogP contribution is 2.22. The molecule has 5 nitrogen and oxygen atoms in total. The highest BCUT2D eigenvalue weighted by atomic mass is 16.5. The van der Waals surface area contributed by atoms with Gasteiger partial charge in [0, 0.05) is 19.1 Å². The summed E-state index contributed by atoms with van der Waals surface area (Å²) in [5, 5.41) is 6.38. The SMILES string of the molecule is CC1CCNC(C(=O)NCC2CN3CCCC3CO2)C1. The lowest BCUT2D eigenvalue weighted by Crippen LogP contribution is -2.53. The van der Waals surface area contributed by atoms with Gasteiger partial charge in [-0.25, -0.2) is 0 Å². The third-order valence-corrected chi connectivity index (χ3v) is 4.95. The van der Waals surface area contributed by atoms with Crippen molar-refractivity contribution in [3.63, 3.8) is 0 Å². The largest absolute Gasteiger partial charge is 0.373 e. The van der Waals surface area contributed by atoms with Crippen molar-refractivity contribution in [1.29, 1.82) is 0 Å². The molecule has 2 N–H and O–H groups in total. The van der Waals surface area contributed by atoms with E-state index < -0.39 is 0 Å². The minimum absolute atomic E-state index is 0.0122. The van der Waals surface area contributed by atoms with Gasteiger partial charge in [0.25, 0.3) is 0 Å². The van der Waals surface area contributed by atoms with Crippen molar-refractivity contribution < 1.29 is 9.53 Å². The topological polar surface area (TPSA) is 53.6 Å². The van der Waals surface area contributed by atoms with Crippen molar-refractivity contribution in [3.05, 3.63) is 0 Å². The van der Waals surface area contributed by atoms with Crippen molar-refractivity contribution >= 4 is 5.91 Å². The summed E-state index contributed by atoms with van der Waals surface area (Å²) in [5.41, 5.74) is 0. The van der Waals surface area contributed by atoms with Crippen LogP contribution in [-0.2, 0) is 9.53 Å². The van der Waals surface area contributed by atoms with Crippen LogP contribution in [0, 0.1) is 5.92 Å². The van der Waals surface area contributed by atoms with E-state index >= 15 is 0 Å². The van der Waals surface area contributed by atoms with E-state index in [0.29, 0.717) is 18.5 Å². The van der Waals surface area contributed by atoms with Gasteiger partial charge in [-0.3, -0.25) is 9.69 Å². The summed E-state index contributed by atoms with van der Waals surface area (Å²) < 4.78 is 5.87. The van der Waals surface area contributed by atoms with Crippen LogP contribution >= 0.6 is 0 Å². The van der Waals surface area contributed by atoms with Gasteiger partial charge in [-0.15, -0.1) is 0 Å². The first-order chi connectivity index (χ1) is 9.72. The molecule has 0 aromatic carbocycles. The van der Waals surface area contributed by atoms with E-state index in [1.54, 1.807) is 0 Å². The molecule has 3 rings (SSSR count). The first-order valence-electron chi connectivity index (χ1n) is 8.09. The van der Waals surface area contributed by atoms with E-state index in [1.807, 2.05) is 0 Å². The lowest BCUT2D eigenvalue weighted by Gasteiger charge is -2.35. The maximum atomic E-state index is 12.2. The molecule has 20 heavy (non-hydrogen) atoms. The Morgan fingerprint density at radius 2 is 2.35 bits per heavy atom. The van der Waals surface area contributed by atoms with Gasteiger partial charge in [0.15, 0.2) is 0 Å². The Hall–Kier alpha value is -0.650. The molecule has 114 valence electrons. The molecule has 3 saturated heterocycles. The van der Waals surface area contributed by atoms with Gasteiger partial charge in [0.05, 0.1) is 18.8 Å². The number of nitrogens with one attached hydrogen (secondary N) is 2. The number of ether oxygens (including phenoxy) is 1. The van der Waals surface area contributed by atoms with Crippen LogP contribution in [0.3, 0.4) is 0 Å². The summed E-state index contributed by atoms with van der Waals surface area (Å²) >= 11 is 0. The van der Waals surface area contributed by atoms with Gasteiger partial charge in [-0.2, -0.15) is 0 Å². The van der Waals surface area contributed by atoms with Crippen molar-refractivity contribution in [2.75, 3.05) is 32.8 Å². The standard InChI is InChI=1S/C15H27N3O2/c1-11-4-5-16-14(7-11)15(19)17-8-13-9-18-6-2-3-12(18)10-20-13/h11-14,16H,2-10H2,1H3,(H,17,19). The van der Waals surface area contributed by atoms with Gasteiger partial charge in [-0.1, -0.05) is 6.92 Å². The molecule has 0 aliphatic carbocycles. The second-order valence-corrected chi connectivity index (χ2v) is 6.63. The maximum absolute atomic E-state index is 12.2. The Balaban J connectivity index is 1.41. The fraction of sp³-hybridized carbons (Fsp3) is 0.933. The van der Waals surface area contributed by atoms with E-state index in [9.17, 15) is 4.79 Å². The normalized spacial score (nSPS) is 38.5. The van der Waals surface area contributed by atoms with Gasteiger partial charge in [-0.05, 0) is 44.7 Å². The maximum Gasteiger partial charge on any atom is 0.237 e. The van der Waals surface area contributed by atoms with Crippen LogP contribution in [-0.4, -0.2) is 61.8 Å². The smallest absolute Gasteiger partial charge is 0.237 e. The lowest BCUT2D eigenvalue weighted by molar-refractivity contribution is -0.125. The summed E-state index contributed by atoms with van der Waals surface area (Å²) in [6, 6.07) is 0.615. The Labute approximate surface area is 121 Å². The van der Waals surface area contributed by atoms with Crippen LogP contribution in [0.4, 0.5) is 0 Å². The third-order valence-electron chi connectivity index (χ3n) is 4.95. The van der Waals surface area contributed by atoms with Gasteiger partial charge >= 0.3 is 0 Å². The fourth-order valence-electron chi connectivity index (χ4n) is 3.65. The van der Waals surface area contributed by atoms with Crippen LogP contribution in [0.25, 0.3) is 0 Å². The van der Waals surface area contributed by atoms with Crippen molar-refractivity contribution in [1.82, 2.24) is 15.5 Å². The molecule has 0 spiro atoms. The van der Waals surface area contributed by atoms with Crippen LogP contribution in [0.2, 0.25) is 0 Å². The second-order valence-electron chi connectivity index (χ2n) is 6.63. The van der Waals surface area contributed by atoms with Crippen LogP contribution in [0.1, 0.15) is 32.6 Å². The average molecular weight is 281 g/mol. The number of piperidine rings is 1. The average Bonchev–Trinajstić information content (AvgIpc) is 2.92. The number of fused-ring (bicyclic) bond motifs is 1. The summed E-state index contributed by atoms with van der Waals surface area (Å²) in [6.07, 6.45) is 4.84. The first-order valence-corrected chi connectivity index (χ1v) is 8.09. The van der Waals surface area contributed by atoms with E-state index in [1.165, 1.54) is 25.8 Å². The summed E-state index contributed by atoms with van der Waals surface area (Å²) in [7, 11) is 0. The number of nitrogens with zero attached hydrogens (tertiary/aromatic N) is 1. The highest BCUT2D eigenvalue weighted by Gasteiger charge is 2.32. The Bertz CT molecular complexity index is 350. The molecule has 3 aliphatic heterocycles. The zero-order chi connectivity index (χ0) is 13.9. The molecule has 4 unspecified atom stereocenters. The van der Waals surface area contributed by atoms with Crippen LogP contribution in [0.5, 0.6) is 0 Å². The summed E-state index contributed by atoms with van der Waals surface area (Å²) in [5.74, 6) is 0.784. The van der Waals surface area contributed by atoms with E-state index in [0.717, 1.165) is 26.1 Å². The van der Waals surface area contributed by atoms with E-state index in [4.69, 9.17) is 4.74 Å². The number of carbonyl (C=O) groups is 1. The van der Waals surface area contributed by atoms with Crippen LogP contribution in [0.15, 0.2) is 0 Å². The zero-order valence-electron chi connectivity index (χ0n) is 12.4. The third kappa shape index (κ3) is 3.32. The van der Waals surface area contributed by atoms with Gasteiger partial charge in [0.2, 0.25) is 5.91 Å². The molecule has 4 atom stereocenters. The number of morpholine rings is 1. The number of hydrogen-bond acceptors (Lipinski definition) is 4. The van der Waals surface area contributed by atoms with E-state index in [2.05, 4.69) is 22.5 Å². The van der Waals surface area contributed by atoms with Crippen molar-refractivity contribution in [2.45, 2.75) is 50.8 Å². The molecule has 5 heteroatoms. The Morgan fingerprint density at radius 1 is 1.45 bits per heavy atom. The molecule has 0 bridgehead atoms. The molecule has 3 fully saturated rings. The molecule has 0 radical (unpaired) electrons. The first kappa shape index (κ1) is 14.3. The van der Waals surface area contributed by atoms with E-state index in [-0.39, 0.29) is 18.1 Å². The Kier molecular flexibility index (Phi) is 4.58. The number of carbonyl (C=O) groups excluding carboxylic acids is 1. The predicted octanol–water partition coefficient (Wildman–Crippen LogP) is 0.354. The summed E-state index contributed by atoms with van der Waals surface area (Å²) in [4.78, 5) is 14.7. The molecule has 3 aliphatic rings. The van der Waals surface area contributed by atoms with Gasteiger partial charge < -0.3 is 15.4 Å². The fourth-order valence-corrected chi connectivity index (χ4v) is 3.65. The minimum atomic E-state index is -0.0122. The number of rotatable bonds is 3. The lowest BCUT2D eigenvalue weighted by atomic mass is 9.94. The molecular weight excluding hydrogens is 254 g/mol. The van der Waals surface area contributed by atoms with Crippen molar-refractivity contribution in [3.8, 4) is 0 Å². The highest BCUT2D eigenvalue weighted by molar-refractivity contribution is 5.81. The quantitative estimate of drug-likeness (QED) is 0.784. The number of amides is 1. The minimum Gasteiger partial charge on any atom is -0.373 e. The van der Waals surface area contributed by atoms with Crippen molar-refractivity contribution in [2.24, 2.45) is 5.92 Å². The molecule has 3 heterocycles. The molecule has 0 aromatic rings. The van der Waals surface area contributed by atoms with Crippen LogP contribution < -0.4 is 10.6 Å². The summed E-state index contributed by atoms with van der Waals surface area (Å²) in [6.45, 7) is 6.82. The monoisotopic (exact) mass is 281 g/mol. The molecular formula is C15H27N3O2. The predicted molar refractivity (Wildman–Crippen MR) is 77.5 cm³/mol. The molecule has 1 amide bonds. The number of hydrogen-bond donors (Lipinski definition) is 2. The second kappa shape index (κ2) is 6.41. The molecule has 0 saturated carbocycles.